The van der Waals surface area contributed by atoms with Crippen LogP contribution in [0, 0.1) is 12.7 Å². The predicted octanol–water partition coefficient (Wildman–Crippen LogP) is 3.87. The Hall–Kier alpha value is -2.16. The van der Waals surface area contributed by atoms with E-state index >= 15 is 0 Å². The lowest BCUT2D eigenvalue weighted by Crippen LogP contribution is -2.39. The standard InChI is InChI=1S/C20H24FN5.HI/c1-14-7-8-16(12-18(14)21)15(2)24-20(22-3)23-10-9-17-13-26-11-5-4-6-19(26)25-17;/h4-8,11-13,15H,9-10H2,1-3H3,(H2,22,23,24);1H. The van der Waals surface area contributed by atoms with E-state index < -0.39 is 0 Å². The highest BCUT2D eigenvalue weighted by Crippen LogP contribution is 2.16. The molecule has 0 fully saturated rings. The van der Waals surface area contributed by atoms with Crippen LogP contribution in [0.2, 0.25) is 0 Å². The van der Waals surface area contributed by atoms with Gasteiger partial charge >= 0.3 is 0 Å². The van der Waals surface area contributed by atoms with Crippen LogP contribution in [0.5, 0.6) is 0 Å². The minimum atomic E-state index is -0.189. The molecule has 0 saturated heterocycles. The van der Waals surface area contributed by atoms with E-state index in [0.29, 0.717) is 18.1 Å². The van der Waals surface area contributed by atoms with Crippen LogP contribution in [0.15, 0.2) is 53.8 Å². The van der Waals surface area contributed by atoms with E-state index in [0.717, 1.165) is 23.3 Å². The summed E-state index contributed by atoms with van der Waals surface area (Å²) in [7, 11) is 1.72. The van der Waals surface area contributed by atoms with Crippen molar-refractivity contribution in [3.05, 3.63) is 71.4 Å². The number of nitrogens with zero attached hydrogens (tertiary/aromatic N) is 3. The smallest absolute Gasteiger partial charge is 0.191 e. The fourth-order valence-electron chi connectivity index (χ4n) is 2.78. The molecule has 0 aliphatic heterocycles. The molecule has 0 bridgehead atoms. The molecule has 3 rings (SSSR count). The van der Waals surface area contributed by atoms with Gasteiger partial charge in [0.15, 0.2) is 5.96 Å². The van der Waals surface area contributed by atoms with E-state index in [2.05, 4.69) is 20.6 Å². The molecule has 1 unspecified atom stereocenters. The lowest BCUT2D eigenvalue weighted by molar-refractivity contribution is 0.607. The van der Waals surface area contributed by atoms with Crippen LogP contribution >= 0.6 is 24.0 Å². The first kappa shape index (κ1) is 21.1. The number of rotatable bonds is 5. The third-order valence-electron chi connectivity index (χ3n) is 4.36. The summed E-state index contributed by atoms with van der Waals surface area (Å²) < 4.78 is 15.8. The average Bonchev–Trinajstić information content (AvgIpc) is 3.05. The molecule has 144 valence electrons. The largest absolute Gasteiger partial charge is 0.356 e. The molecule has 0 radical (unpaired) electrons. The van der Waals surface area contributed by atoms with Crippen LogP contribution in [-0.4, -0.2) is 28.9 Å². The van der Waals surface area contributed by atoms with E-state index in [4.69, 9.17) is 0 Å². The maximum atomic E-state index is 13.8. The molecule has 2 heterocycles. The number of guanidine groups is 1. The molecular formula is C20H25FIN5. The number of pyridine rings is 1. The van der Waals surface area contributed by atoms with Crippen LogP contribution in [0.25, 0.3) is 5.65 Å². The van der Waals surface area contributed by atoms with Gasteiger partial charge in [0, 0.05) is 32.4 Å². The van der Waals surface area contributed by atoms with Gasteiger partial charge in [-0.2, -0.15) is 0 Å². The summed E-state index contributed by atoms with van der Waals surface area (Å²) in [5.41, 5.74) is 3.50. The number of halogens is 2. The van der Waals surface area contributed by atoms with Crippen LogP contribution in [0.4, 0.5) is 4.39 Å². The monoisotopic (exact) mass is 481 g/mol. The van der Waals surface area contributed by atoms with Gasteiger partial charge in [0.05, 0.1) is 11.7 Å². The maximum Gasteiger partial charge on any atom is 0.191 e. The molecule has 0 spiro atoms. The minimum absolute atomic E-state index is 0. The van der Waals surface area contributed by atoms with E-state index in [1.165, 1.54) is 0 Å². The Morgan fingerprint density at radius 3 is 2.81 bits per heavy atom. The quantitative estimate of drug-likeness (QED) is 0.331. The van der Waals surface area contributed by atoms with Crippen molar-refractivity contribution in [1.29, 1.82) is 0 Å². The summed E-state index contributed by atoms with van der Waals surface area (Å²) in [5, 5.41) is 6.57. The summed E-state index contributed by atoms with van der Waals surface area (Å²) >= 11 is 0. The zero-order valence-electron chi connectivity index (χ0n) is 15.7. The average molecular weight is 481 g/mol. The van der Waals surface area contributed by atoms with Crippen molar-refractivity contribution in [2.45, 2.75) is 26.3 Å². The second kappa shape index (κ2) is 9.68. The highest BCUT2D eigenvalue weighted by molar-refractivity contribution is 14.0. The van der Waals surface area contributed by atoms with Crippen molar-refractivity contribution in [3.8, 4) is 0 Å². The van der Waals surface area contributed by atoms with Gasteiger partial charge in [-0.1, -0.05) is 18.2 Å². The Kier molecular flexibility index (Phi) is 7.58. The molecule has 2 aromatic heterocycles. The van der Waals surface area contributed by atoms with Gasteiger partial charge in [0.25, 0.3) is 0 Å². The highest BCUT2D eigenvalue weighted by atomic mass is 127. The number of imidazole rings is 1. The molecule has 1 aromatic carbocycles. The Bertz CT molecular complexity index is 889. The van der Waals surface area contributed by atoms with Crippen LogP contribution in [0.3, 0.4) is 0 Å². The minimum Gasteiger partial charge on any atom is -0.356 e. The molecule has 0 amide bonds. The first-order valence-electron chi connectivity index (χ1n) is 8.72. The number of aliphatic imine (C=N–C) groups is 1. The normalized spacial score (nSPS) is 12.5. The topological polar surface area (TPSA) is 53.7 Å². The fourth-order valence-corrected chi connectivity index (χ4v) is 2.78. The maximum absolute atomic E-state index is 13.8. The van der Waals surface area contributed by atoms with Crippen molar-refractivity contribution in [2.24, 2.45) is 4.99 Å². The van der Waals surface area contributed by atoms with Gasteiger partial charge in [0.2, 0.25) is 0 Å². The molecule has 3 aromatic rings. The van der Waals surface area contributed by atoms with Gasteiger partial charge in [-0.05, 0) is 43.2 Å². The first-order chi connectivity index (χ1) is 12.6. The summed E-state index contributed by atoms with van der Waals surface area (Å²) in [4.78, 5) is 8.83. The Morgan fingerprint density at radius 2 is 2.11 bits per heavy atom. The number of nitrogens with one attached hydrogen (secondary N) is 2. The van der Waals surface area contributed by atoms with E-state index in [1.807, 2.05) is 48.0 Å². The molecule has 0 aliphatic rings. The van der Waals surface area contributed by atoms with Gasteiger partial charge in [-0.15, -0.1) is 24.0 Å². The number of aromatic nitrogens is 2. The SMILES string of the molecule is CN=C(NCCc1cn2ccccc2n1)NC(C)c1ccc(C)c(F)c1.I. The number of aryl methyl sites for hydroxylation is 1. The summed E-state index contributed by atoms with van der Waals surface area (Å²) in [6.07, 6.45) is 4.81. The molecule has 5 nitrogen and oxygen atoms in total. The zero-order chi connectivity index (χ0) is 18.5. The van der Waals surface area contributed by atoms with Gasteiger partial charge in [-0.3, -0.25) is 4.99 Å². The van der Waals surface area contributed by atoms with Crippen molar-refractivity contribution in [1.82, 2.24) is 20.0 Å². The zero-order valence-corrected chi connectivity index (χ0v) is 18.1. The molecular weight excluding hydrogens is 456 g/mol. The predicted molar refractivity (Wildman–Crippen MR) is 118 cm³/mol. The van der Waals surface area contributed by atoms with E-state index in [-0.39, 0.29) is 35.8 Å². The van der Waals surface area contributed by atoms with Crippen LogP contribution < -0.4 is 10.6 Å². The van der Waals surface area contributed by atoms with Crippen molar-refractivity contribution >= 4 is 35.6 Å². The van der Waals surface area contributed by atoms with Gasteiger partial charge in [-0.25, -0.2) is 9.37 Å². The number of hydrogen-bond donors (Lipinski definition) is 2. The third-order valence-corrected chi connectivity index (χ3v) is 4.36. The van der Waals surface area contributed by atoms with Crippen molar-refractivity contribution in [2.75, 3.05) is 13.6 Å². The third kappa shape index (κ3) is 5.41. The molecule has 2 N–H and O–H groups in total. The van der Waals surface area contributed by atoms with Gasteiger partial charge in [0.1, 0.15) is 11.5 Å². The Morgan fingerprint density at radius 1 is 1.30 bits per heavy atom. The highest BCUT2D eigenvalue weighted by Gasteiger charge is 2.10. The van der Waals surface area contributed by atoms with E-state index in [1.54, 1.807) is 26.1 Å². The summed E-state index contributed by atoms with van der Waals surface area (Å²) in [5.74, 6) is 0.494. The second-order valence-electron chi connectivity index (χ2n) is 6.32. The number of fused-ring (bicyclic) bond motifs is 1. The van der Waals surface area contributed by atoms with Crippen molar-refractivity contribution in [3.63, 3.8) is 0 Å². The lowest BCUT2D eigenvalue weighted by Gasteiger charge is -2.18. The van der Waals surface area contributed by atoms with Crippen molar-refractivity contribution < 1.29 is 4.39 Å². The fraction of sp³-hybridized carbons (Fsp3) is 0.300. The van der Waals surface area contributed by atoms with E-state index in [9.17, 15) is 4.39 Å². The first-order valence-corrected chi connectivity index (χ1v) is 8.72. The summed E-state index contributed by atoms with van der Waals surface area (Å²) in [6.45, 7) is 4.45. The number of hydrogen-bond acceptors (Lipinski definition) is 2. The Labute approximate surface area is 176 Å². The summed E-state index contributed by atoms with van der Waals surface area (Å²) in [6, 6.07) is 11.2. The number of benzene rings is 1. The molecule has 0 saturated carbocycles. The van der Waals surface area contributed by atoms with Crippen LogP contribution in [0.1, 0.15) is 29.8 Å². The molecule has 0 aliphatic carbocycles. The van der Waals surface area contributed by atoms with Gasteiger partial charge < -0.3 is 15.0 Å². The lowest BCUT2D eigenvalue weighted by atomic mass is 10.1. The van der Waals surface area contributed by atoms with Crippen LogP contribution in [-0.2, 0) is 6.42 Å². The Balaban J connectivity index is 0.00000261. The molecule has 7 heteroatoms. The second-order valence-corrected chi connectivity index (χ2v) is 6.32. The molecule has 1 atom stereocenters. The molecule has 27 heavy (non-hydrogen) atoms.